The van der Waals surface area contributed by atoms with Gasteiger partial charge in [-0.15, -0.1) is 21.5 Å². The lowest BCUT2D eigenvalue weighted by atomic mass is 9.83. The van der Waals surface area contributed by atoms with Gasteiger partial charge in [-0.1, -0.05) is 18.4 Å². The van der Waals surface area contributed by atoms with Gasteiger partial charge in [-0.05, 0) is 48.3 Å². The molecule has 1 saturated carbocycles. The molecule has 2 N–H and O–H groups in total. The third-order valence-electron chi connectivity index (χ3n) is 4.23. The molecule has 1 aliphatic rings. The van der Waals surface area contributed by atoms with Crippen molar-refractivity contribution in [1.82, 2.24) is 25.6 Å². The number of carbonyl (C=O) groups is 1. The number of nitrogens with one attached hydrogen (secondary N) is 2. The first-order valence-electron chi connectivity index (χ1n) is 8.56. The summed E-state index contributed by atoms with van der Waals surface area (Å²) in [5, 5.41) is 19.0. The van der Waals surface area contributed by atoms with E-state index in [4.69, 9.17) is 0 Å². The summed E-state index contributed by atoms with van der Waals surface area (Å²) in [5.41, 5.74) is 2.65. The molecular formula is C19H16N6OS. The monoisotopic (exact) mass is 376 g/mol. The summed E-state index contributed by atoms with van der Waals surface area (Å²) in [7, 11) is 0. The van der Waals surface area contributed by atoms with Crippen molar-refractivity contribution in [3.05, 3.63) is 57.8 Å². The molecule has 0 saturated heterocycles. The highest BCUT2D eigenvalue weighted by atomic mass is 32.1. The van der Waals surface area contributed by atoms with E-state index in [1.165, 1.54) is 37.1 Å². The average molecular weight is 376 g/mol. The number of H-pyrrole nitrogens is 1. The Morgan fingerprint density at radius 1 is 1.33 bits per heavy atom. The fourth-order valence-corrected chi connectivity index (χ4v) is 3.36. The molecule has 0 spiro atoms. The molecule has 1 fully saturated rings. The number of tetrazole rings is 1. The third-order valence-corrected chi connectivity index (χ3v) is 5.01. The van der Waals surface area contributed by atoms with E-state index in [2.05, 4.69) is 48.1 Å². The zero-order valence-electron chi connectivity index (χ0n) is 14.3. The molecular weight excluding hydrogens is 360 g/mol. The highest BCUT2D eigenvalue weighted by Gasteiger charge is 2.21. The maximum Gasteiger partial charge on any atom is 0.248 e. The maximum absolute atomic E-state index is 12.0. The van der Waals surface area contributed by atoms with E-state index in [1.54, 1.807) is 11.3 Å². The molecule has 8 heteroatoms. The van der Waals surface area contributed by atoms with Crippen LogP contribution >= 0.6 is 11.3 Å². The second-order valence-corrected chi connectivity index (χ2v) is 6.99. The van der Waals surface area contributed by atoms with Crippen molar-refractivity contribution in [3.8, 4) is 11.8 Å². The zero-order chi connectivity index (χ0) is 18.5. The number of amides is 1. The Balaban J connectivity index is 1.40. The SMILES string of the molecule is O=C(/C=C/c1nn[nH]n1)Nc1cccc(C#Cc2nc(C3CCC3)cs2)c1. The smallest absolute Gasteiger partial charge is 0.248 e. The number of rotatable bonds is 4. The molecule has 134 valence electrons. The van der Waals surface area contributed by atoms with Crippen LogP contribution in [-0.2, 0) is 4.79 Å². The van der Waals surface area contributed by atoms with Crippen molar-refractivity contribution >= 4 is 29.0 Å². The number of hydrogen-bond acceptors (Lipinski definition) is 6. The summed E-state index contributed by atoms with van der Waals surface area (Å²) < 4.78 is 0. The number of carbonyl (C=O) groups excluding carboxylic acids is 1. The first kappa shape index (κ1) is 17.1. The van der Waals surface area contributed by atoms with Crippen LogP contribution in [0.2, 0.25) is 0 Å². The van der Waals surface area contributed by atoms with Gasteiger partial charge in [0.05, 0.1) is 5.69 Å². The molecule has 4 rings (SSSR count). The van der Waals surface area contributed by atoms with E-state index in [1.807, 2.05) is 24.3 Å². The van der Waals surface area contributed by atoms with E-state index in [-0.39, 0.29) is 5.91 Å². The van der Waals surface area contributed by atoms with Crippen molar-refractivity contribution in [1.29, 1.82) is 0 Å². The number of aromatic nitrogens is 5. The predicted octanol–water partition coefficient (Wildman–Crippen LogP) is 2.98. The standard InChI is InChI=1S/C19H16N6OS/c26-18(9-8-17-22-24-25-23-17)20-15-6-1-3-13(11-15)7-10-19-21-16(12-27-19)14-4-2-5-14/h1,3,6,8-9,11-12,14H,2,4-5H2,(H,20,26)(H,22,23,24,25)/b9-8+. The van der Waals surface area contributed by atoms with Gasteiger partial charge in [0, 0.05) is 28.6 Å². The molecule has 2 aromatic heterocycles. The lowest BCUT2D eigenvalue weighted by Gasteiger charge is -2.22. The largest absolute Gasteiger partial charge is 0.322 e. The van der Waals surface area contributed by atoms with Gasteiger partial charge in [-0.3, -0.25) is 4.79 Å². The Labute approximate surface area is 159 Å². The summed E-state index contributed by atoms with van der Waals surface area (Å²) in [6.07, 6.45) is 6.59. The number of anilines is 1. The Kier molecular flexibility index (Phi) is 5.03. The second-order valence-electron chi connectivity index (χ2n) is 6.13. The van der Waals surface area contributed by atoms with Gasteiger partial charge in [0.15, 0.2) is 10.8 Å². The van der Waals surface area contributed by atoms with Crippen LogP contribution in [0.15, 0.2) is 35.7 Å². The molecule has 3 aromatic rings. The van der Waals surface area contributed by atoms with Crippen LogP contribution in [0.1, 0.15) is 47.3 Å². The van der Waals surface area contributed by atoms with E-state index in [0.29, 0.717) is 17.4 Å². The highest BCUT2D eigenvalue weighted by molar-refractivity contribution is 7.10. The highest BCUT2D eigenvalue weighted by Crippen LogP contribution is 2.36. The molecule has 0 aliphatic heterocycles. The van der Waals surface area contributed by atoms with Crippen LogP contribution in [0, 0.1) is 11.8 Å². The number of aromatic amines is 1. The van der Waals surface area contributed by atoms with Gasteiger partial charge in [0.2, 0.25) is 5.91 Å². The Bertz CT molecular complexity index is 1020. The minimum Gasteiger partial charge on any atom is -0.322 e. The van der Waals surface area contributed by atoms with Crippen LogP contribution in [0.4, 0.5) is 5.69 Å². The van der Waals surface area contributed by atoms with E-state index < -0.39 is 0 Å². The minimum atomic E-state index is -0.282. The topological polar surface area (TPSA) is 96.5 Å². The number of thiazole rings is 1. The van der Waals surface area contributed by atoms with Gasteiger partial charge in [0.1, 0.15) is 0 Å². The molecule has 0 unspecified atom stereocenters. The van der Waals surface area contributed by atoms with Gasteiger partial charge >= 0.3 is 0 Å². The fraction of sp³-hybridized carbons (Fsp3) is 0.211. The average Bonchev–Trinajstić information content (AvgIpc) is 3.29. The molecule has 0 atom stereocenters. The van der Waals surface area contributed by atoms with Crippen LogP contribution in [-0.4, -0.2) is 31.5 Å². The van der Waals surface area contributed by atoms with E-state index in [9.17, 15) is 4.79 Å². The molecule has 27 heavy (non-hydrogen) atoms. The molecule has 1 aromatic carbocycles. The Hall–Kier alpha value is -3.31. The summed E-state index contributed by atoms with van der Waals surface area (Å²) in [5.74, 6) is 6.91. The van der Waals surface area contributed by atoms with Crippen molar-refractivity contribution in [3.63, 3.8) is 0 Å². The molecule has 1 amide bonds. The van der Waals surface area contributed by atoms with Gasteiger partial charge in [-0.25, -0.2) is 4.98 Å². The van der Waals surface area contributed by atoms with Crippen molar-refractivity contribution in [2.45, 2.75) is 25.2 Å². The zero-order valence-corrected chi connectivity index (χ0v) is 15.2. The lowest BCUT2D eigenvalue weighted by molar-refractivity contribution is -0.111. The first-order valence-corrected chi connectivity index (χ1v) is 9.44. The Morgan fingerprint density at radius 2 is 2.26 bits per heavy atom. The number of hydrogen-bond donors (Lipinski definition) is 2. The second kappa shape index (κ2) is 7.93. The quantitative estimate of drug-likeness (QED) is 0.539. The van der Waals surface area contributed by atoms with Crippen LogP contribution in [0.25, 0.3) is 6.08 Å². The van der Waals surface area contributed by atoms with Crippen LogP contribution < -0.4 is 5.32 Å². The summed E-state index contributed by atoms with van der Waals surface area (Å²) >= 11 is 1.58. The molecule has 0 radical (unpaired) electrons. The minimum absolute atomic E-state index is 0.282. The fourth-order valence-electron chi connectivity index (χ4n) is 2.61. The van der Waals surface area contributed by atoms with Crippen molar-refractivity contribution in [2.75, 3.05) is 5.32 Å². The molecule has 1 aliphatic carbocycles. The number of nitrogens with zero attached hydrogens (tertiary/aromatic N) is 4. The summed E-state index contributed by atoms with van der Waals surface area (Å²) in [4.78, 5) is 16.6. The third kappa shape index (κ3) is 4.46. The van der Waals surface area contributed by atoms with Crippen LogP contribution in [0.5, 0.6) is 0 Å². The van der Waals surface area contributed by atoms with Crippen molar-refractivity contribution < 1.29 is 4.79 Å². The van der Waals surface area contributed by atoms with Crippen molar-refractivity contribution in [2.24, 2.45) is 0 Å². The molecule has 0 bridgehead atoms. The maximum atomic E-state index is 12.0. The Morgan fingerprint density at radius 3 is 3.04 bits per heavy atom. The lowest BCUT2D eigenvalue weighted by Crippen LogP contribution is -2.08. The first-order chi connectivity index (χ1) is 13.3. The van der Waals surface area contributed by atoms with Gasteiger partial charge < -0.3 is 5.32 Å². The molecule has 7 nitrogen and oxygen atoms in total. The van der Waals surface area contributed by atoms with E-state index >= 15 is 0 Å². The normalized spacial score (nSPS) is 13.8. The van der Waals surface area contributed by atoms with Gasteiger partial charge in [-0.2, -0.15) is 5.21 Å². The molecule has 2 heterocycles. The summed E-state index contributed by atoms with van der Waals surface area (Å²) in [6.45, 7) is 0. The van der Waals surface area contributed by atoms with Crippen LogP contribution in [0.3, 0.4) is 0 Å². The summed E-state index contributed by atoms with van der Waals surface area (Å²) in [6, 6.07) is 7.39. The predicted molar refractivity (Wildman–Crippen MR) is 103 cm³/mol. The van der Waals surface area contributed by atoms with Gasteiger partial charge in [0.25, 0.3) is 0 Å². The van der Waals surface area contributed by atoms with E-state index in [0.717, 1.165) is 10.6 Å². The number of benzene rings is 1.